The number of aromatic nitrogens is 2. The van der Waals surface area contributed by atoms with Crippen LogP contribution in [0, 0.1) is 0 Å². The lowest BCUT2D eigenvalue weighted by Crippen LogP contribution is -2.45. The van der Waals surface area contributed by atoms with Gasteiger partial charge in [-0.3, -0.25) is 14.5 Å². The van der Waals surface area contributed by atoms with Crippen molar-refractivity contribution in [1.29, 1.82) is 0 Å². The lowest BCUT2D eigenvalue weighted by atomic mass is 9.95. The van der Waals surface area contributed by atoms with E-state index in [4.69, 9.17) is 9.97 Å². The first-order valence-electron chi connectivity index (χ1n) is 11.7. The van der Waals surface area contributed by atoms with Crippen molar-refractivity contribution < 1.29 is 9.59 Å². The van der Waals surface area contributed by atoms with E-state index in [1.165, 1.54) is 6.42 Å². The molecule has 2 amide bonds. The van der Waals surface area contributed by atoms with Gasteiger partial charge in [-0.05, 0) is 45.2 Å². The maximum atomic E-state index is 12.6. The van der Waals surface area contributed by atoms with Gasteiger partial charge in [0.05, 0.1) is 12.2 Å². The van der Waals surface area contributed by atoms with E-state index < -0.39 is 0 Å². The van der Waals surface area contributed by atoms with Crippen molar-refractivity contribution in [3.63, 3.8) is 0 Å². The summed E-state index contributed by atoms with van der Waals surface area (Å²) in [7, 11) is 5.85. The lowest BCUT2D eigenvalue weighted by molar-refractivity contribution is -0.133. The van der Waals surface area contributed by atoms with Gasteiger partial charge < -0.3 is 14.7 Å². The number of carbonyl (C=O) groups is 2. The topological polar surface area (TPSA) is 72.9 Å². The standard InChI is InChI=1S/C23H36N6O2/c1-26(2)20-14-19(18-13-21(30)27(3)15-18)24-23(25-20)17-7-11-28(12-8-17)16-22(31)29-9-5-4-6-10-29/h14,17-18H,4-13,15-16H2,1-3H3. The van der Waals surface area contributed by atoms with E-state index in [0.717, 1.165) is 75.7 Å². The Bertz CT molecular complexity index is 799. The van der Waals surface area contributed by atoms with Gasteiger partial charge in [-0.25, -0.2) is 9.97 Å². The maximum Gasteiger partial charge on any atom is 0.236 e. The number of nitrogens with zero attached hydrogens (tertiary/aromatic N) is 6. The van der Waals surface area contributed by atoms with Crippen LogP contribution < -0.4 is 4.90 Å². The molecule has 1 unspecified atom stereocenters. The van der Waals surface area contributed by atoms with Crippen LogP contribution in [-0.2, 0) is 9.59 Å². The molecule has 170 valence electrons. The van der Waals surface area contributed by atoms with E-state index in [0.29, 0.717) is 18.9 Å². The molecule has 1 atom stereocenters. The van der Waals surface area contributed by atoms with Gasteiger partial charge in [0.1, 0.15) is 11.6 Å². The van der Waals surface area contributed by atoms with Crippen molar-refractivity contribution in [2.75, 3.05) is 65.3 Å². The van der Waals surface area contributed by atoms with Crippen LogP contribution in [0.2, 0.25) is 0 Å². The molecule has 0 saturated carbocycles. The summed E-state index contributed by atoms with van der Waals surface area (Å²) in [6.07, 6.45) is 5.97. The van der Waals surface area contributed by atoms with Gasteiger partial charge in [0.15, 0.2) is 0 Å². The molecular formula is C23H36N6O2. The molecule has 3 fully saturated rings. The van der Waals surface area contributed by atoms with Gasteiger partial charge in [-0.2, -0.15) is 0 Å². The van der Waals surface area contributed by atoms with Crippen molar-refractivity contribution in [1.82, 2.24) is 24.7 Å². The highest BCUT2D eigenvalue weighted by Gasteiger charge is 2.31. The molecule has 3 aliphatic heterocycles. The summed E-state index contributed by atoms with van der Waals surface area (Å²) in [6, 6.07) is 2.03. The largest absolute Gasteiger partial charge is 0.363 e. The number of likely N-dealkylation sites (tertiary alicyclic amines) is 3. The van der Waals surface area contributed by atoms with Gasteiger partial charge in [-0.1, -0.05) is 0 Å². The second-order valence-electron chi connectivity index (χ2n) is 9.57. The average Bonchev–Trinajstić information content (AvgIpc) is 3.13. The van der Waals surface area contributed by atoms with Crippen LogP contribution in [0.25, 0.3) is 0 Å². The molecule has 3 aliphatic rings. The number of hydrogen-bond donors (Lipinski definition) is 0. The molecule has 4 heterocycles. The zero-order valence-electron chi connectivity index (χ0n) is 19.2. The SMILES string of the molecule is CN1CC(c2cc(N(C)C)nc(C3CCN(CC(=O)N4CCCCC4)CC3)n2)CC1=O. The van der Waals surface area contributed by atoms with E-state index in [-0.39, 0.29) is 17.7 Å². The van der Waals surface area contributed by atoms with Gasteiger partial charge in [0.25, 0.3) is 0 Å². The summed E-state index contributed by atoms with van der Waals surface area (Å²) in [5, 5.41) is 0. The van der Waals surface area contributed by atoms with Crippen molar-refractivity contribution in [2.45, 2.75) is 50.4 Å². The van der Waals surface area contributed by atoms with Crippen LogP contribution in [0.15, 0.2) is 6.07 Å². The average molecular weight is 429 g/mol. The minimum absolute atomic E-state index is 0.139. The third kappa shape index (κ3) is 5.17. The molecule has 4 rings (SSSR count). The Labute approximate surface area is 185 Å². The van der Waals surface area contributed by atoms with Gasteiger partial charge in [0, 0.05) is 65.1 Å². The fraction of sp³-hybridized carbons (Fsp3) is 0.739. The summed E-state index contributed by atoms with van der Waals surface area (Å²) < 4.78 is 0. The van der Waals surface area contributed by atoms with Crippen LogP contribution in [0.4, 0.5) is 5.82 Å². The minimum Gasteiger partial charge on any atom is -0.363 e. The summed E-state index contributed by atoms with van der Waals surface area (Å²) in [4.78, 5) is 42.6. The smallest absolute Gasteiger partial charge is 0.236 e. The van der Waals surface area contributed by atoms with Crippen molar-refractivity contribution in [3.05, 3.63) is 17.6 Å². The predicted octanol–water partition coefficient (Wildman–Crippen LogP) is 1.68. The van der Waals surface area contributed by atoms with Gasteiger partial charge in [0.2, 0.25) is 11.8 Å². The summed E-state index contributed by atoms with van der Waals surface area (Å²) in [5.41, 5.74) is 0.981. The Hall–Kier alpha value is -2.22. The van der Waals surface area contributed by atoms with Crippen LogP contribution in [-0.4, -0.2) is 96.9 Å². The minimum atomic E-state index is 0.139. The Morgan fingerprint density at radius 1 is 1.06 bits per heavy atom. The highest BCUT2D eigenvalue weighted by Crippen LogP contribution is 2.31. The van der Waals surface area contributed by atoms with Gasteiger partial charge >= 0.3 is 0 Å². The summed E-state index contributed by atoms with van der Waals surface area (Å²) in [5.74, 6) is 2.70. The second-order valence-corrected chi connectivity index (χ2v) is 9.57. The Kier molecular flexibility index (Phi) is 6.74. The predicted molar refractivity (Wildman–Crippen MR) is 120 cm³/mol. The highest BCUT2D eigenvalue weighted by atomic mass is 16.2. The molecule has 8 heteroatoms. The molecule has 0 aromatic carbocycles. The van der Waals surface area contributed by atoms with E-state index in [2.05, 4.69) is 4.90 Å². The van der Waals surface area contributed by atoms with E-state index in [9.17, 15) is 9.59 Å². The Morgan fingerprint density at radius 3 is 2.39 bits per heavy atom. The molecule has 3 saturated heterocycles. The van der Waals surface area contributed by atoms with Crippen LogP contribution in [0.1, 0.15) is 61.9 Å². The van der Waals surface area contributed by atoms with Crippen LogP contribution in [0.5, 0.6) is 0 Å². The number of piperidine rings is 2. The Balaban J connectivity index is 1.40. The number of hydrogen-bond acceptors (Lipinski definition) is 6. The number of amides is 2. The molecule has 8 nitrogen and oxygen atoms in total. The number of likely N-dealkylation sites (N-methyl/N-ethyl adjacent to an activating group) is 1. The highest BCUT2D eigenvalue weighted by molar-refractivity contribution is 5.79. The number of carbonyl (C=O) groups excluding carboxylic acids is 2. The molecule has 1 aromatic heterocycles. The normalized spacial score (nSPS) is 23.5. The first-order chi connectivity index (χ1) is 14.9. The van der Waals surface area contributed by atoms with Crippen LogP contribution in [0.3, 0.4) is 0 Å². The quantitative estimate of drug-likeness (QED) is 0.711. The Morgan fingerprint density at radius 2 is 1.77 bits per heavy atom. The molecule has 0 bridgehead atoms. The molecule has 1 aromatic rings. The maximum absolute atomic E-state index is 12.6. The van der Waals surface area contributed by atoms with Crippen molar-refractivity contribution >= 4 is 17.6 Å². The first-order valence-corrected chi connectivity index (χ1v) is 11.7. The van der Waals surface area contributed by atoms with Crippen LogP contribution >= 0.6 is 0 Å². The van der Waals surface area contributed by atoms with Gasteiger partial charge in [-0.15, -0.1) is 0 Å². The monoisotopic (exact) mass is 428 g/mol. The zero-order chi connectivity index (χ0) is 22.0. The number of rotatable bonds is 5. The lowest BCUT2D eigenvalue weighted by Gasteiger charge is -2.34. The van der Waals surface area contributed by atoms with E-state index >= 15 is 0 Å². The van der Waals surface area contributed by atoms with Crippen molar-refractivity contribution in [3.8, 4) is 0 Å². The zero-order valence-corrected chi connectivity index (χ0v) is 19.2. The fourth-order valence-electron chi connectivity index (χ4n) is 4.94. The van der Waals surface area contributed by atoms with Crippen molar-refractivity contribution in [2.24, 2.45) is 0 Å². The molecule has 31 heavy (non-hydrogen) atoms. The summed E-state index contributed by atoms with van der Waals surface area (Å²) in [6.45, 7) is 4.90. The fourth-order valence-corrected chi connectivity index (χ4v) is 4.94. The third-order valence-electron chi connectivity index (χ3n) is 6.99. The molecular weight excluding hydrogens is 392 g/mol. The molecule has 0 N–H and O–H groups in total. The first kappa shape index (κ1) is 22.0. The second kappa shape index (κ2) is 9.51. The van der Waals surface area contributed by atoms with E-state index in [1.54, 1.807) is 4.90 Å². The van der Waals surface area contributed by atoms with E-state index in [1.807, 2.05) is 37.0 Å². The number of anilines is 1. The molecule has 0 radical (unpaired) electrons. The third-order valence-corrected chi connectivity index (χ3v) is 6.99. The summed E-state index contributed by atoms with van der Waals surface area (Å²) >= 11 is 0. The molecule has 0 aliphatic carbocycles. The molecule has 0 spiro atoms.